The van der Waals surface area contributed by atoms with Crippen LogP contribution in [0.1, 0.15) is 43.4 Å². The first-order valence-corrected chi connectivity index (χ1v) is 13.8. The third-order valence-corrected chi connectivity index (χ3v) is 7.32. The number of amides is 1. The van der Waals surface area contributed by atoms with Gasteiger partial charge in [0.25, 0.3) is 11.5 Å². The van der Waals surface area contributed by atoms with E-state index in [1.54, 1.807) is 10.8 Å². The number of ether oxygens (including phenoxy) is 4. The van der Waals surface area contributed by atoms with Crippen LogP contribution < -0.4 is 10.9 Å². The molecule has 4 rings (SSSR count). The maximum absolute atomic E-state index is 14.0. The zero-order valence-corrected chi connectivity index (χ0v) is 23.1. The lowest BCUT2D eigenvalue weighted by molar-refractivity contribution is -0.168. The molecule has 10 nitrogen and oxygen atoms in total. The Bertz CT molecular complexity index is 1170. The van der Waals surface area contributed by atoms with Crippen molar-refractivity contribution in [3.05, 3.63) is 63.8 Å². The monoisotopic (exact) mass is 543 g/mol. The highest BCUT2D eigenvalue weighted by molar-refractivity contribution is 5.91. The number of nitrogens with zero attached hydrogens (tertiary/aromatic N) is 2. The van der Waals surface area contributed by atoms with E-state index in [2.05, 4.69) is 5.32 Å². The van der Waals surface area contributed by atoms with Gasteiger partial charge in [0.2, 0.25) is 6.29 Å². The number of allylic oxidation sites excluding steroid dienone is 1. The maximum atomic E-state index is 14.0. The van der Waals surface area contributed by atoms with E-state index in [0.29, 0.717) is 50.9 Å². The predicted molar refractivity (Wildman–Crippen MR) is 146 cm³/mol. The summed E-state index contributed by atoms with van der Waals surface area (Å²) in [7, 11) is 1.87. The molecule has 0 saturated heterocycles. The highest BCUT2D eigenvalue weighted by Gasteiger charge is 2.41. The highest BCUT2D eigenvalue weighted by atomic mass is 16.7. The fourth-order valence-corrected chi connectivity index (χ4v) is 5.00. The molecule has 2 aromatic rings. The molecule has 2 aliphatic rings. The summed E-state index contributed by atoms with van der Waals surface area (Å²) in [6, 6.07) is 9.51. The molecule has 1 aromatic carbocycles. The van der Waals surface area contributed by atoms with Crippen LogP contribution in [0.5, 0.6) is 0 Å². The number of hydrogen-bond acceptors (Lipinski definition) is 7. The van der Waals surface area contributed by atoms with Crippen molar-refractivity contribution in [3.8, 4) is 5.69 Å². The molecule has 1 aromatic heterocycles. The second kappa shape index (κ2) is 13.9. The molecule has 0 bridgehead atoms. The summed E-state index contributed by atoms with van der Waals surface area (Å²) in [4.78, 5) is 27.1. The summed E-state index contributed by atoms with van der Waals surface area (Å²) in [6.07, 6.45) is 3.86. The van der Waals surface area contributed by atoms with Crippen molar-refractivity contribution in [1.82, 2.24) is 14.7 Å². The highest BCUT2D eigenvalue weighted by Crippen LogP contribution is 2.39. The Kier molecular flexibility index (Phi) is 10.4. The molecule has 0 spiro atoms. The Hall–Kier alpha value is -2.92. The van der Waals surface area contributed by atoms with Gasteiger partial charge in [-0.1, -0.05) is 18.2 Å². The molecule has 214 valence electrons. The molecule has 1 fully saturated rings. The topological polar surface area (TPSA) is 113 Å². The van der Waals surface area contributed by atoms with E-state index in [9.17, 15) is 9.59 Å². The SMILES string of the molecule is CCO[C@H]1OC(C(=O)NCC2CC2)=C[C@@H](c2c(C)n(C)n(-c3ccccc3)c2=O)[C@H]1CCOCCOCCO. The minimum absolute atomic E-state index is 0.0308. The second-order valence-corrected chi connectivity index (χ2v) is 10.0. The lowest BCUT2D eigenvalue weighted by Crippen LogP contribution is -2.41. The number of carbonyl (C=O) groups is 1. The first kappa shape index (κ1) is 29.1. The van der Waals surface area contributed by atoms with Crippen LogP contribution in [0.4, 0.5) is 0 Å². The van der Waals surface area contributed by atoms with Crippen LogP contribution in [-0.4, -0.2) is 72.9 Å². The molecular formula is C29H41N3O7. The average Bonchev–Trinajstić information content (AvgIpc) is 3.74. The van der Waals surface area contributed by atoms with Gasteiger partial charge < -0.3 is 29.4 Å². The normalized spacial score (nSPS) is 20.9. The fraction of sp³-hybridized carbons (Fsp3) is 0.586. The van der Waals surface area contributed by atoms with Gasteiger partial charge in [0, 0.05) is 49.9 Å². The molecule has 1 aliphatic carbocycles. The zero-order valence-electron chi connectivity index (χ0n) is 23.1. The summed E-state index contributed by atoms with van der Waals surface area (Å²) in [6.45, 7) is 6.21. The quantitative estimate of drug-likeness (QED) is 0.332. The Labute approximate surface area is 229 Å². The first-order valence-electron chi connectivity index (χ1n) is 13.8. The van der Waals surface area contributed by atoms with Crippen LogP contribution in [-0.2, 0) is 30.8 Å². The van der Waals surface area contributed by atoms with Gasteiger partial charge >= 0.3 is 0 Å². The molecule has 0 unspecified atom stereocenters. The van der Waals surface area contributed by atoms with E-state index in [0.717, 1.165) is 24.2 Å². The molecular weight excluding hydrogens is 502 g/mol. The predicted octanol–water partition coefficient (Wildman–Crippen LogP) is 2.40. The van der Waals surface area contributed by atoms with E-state index in [1.165, 1.54) is 0 Å². The lowest BCUT2D eigenvalue weighted by atomic mass is 9.81. The Balaban J connectivity index is 1.65. The van der Waals surface area contributed by atoms with Gasteiger partial charge in [-0.2, -0.15) is 0 Å². The van der Waals surface area contributed by atoms with E-state index in [4.69, 9.17) is 24.1 Å². The van der Waals surface area contributed by atoms with Crippen molar-refractivity contribution in [1.29, 1.82) is 0 Å². The van der Waals surface area contributed by atoms with Gasteiger partial charge in [-0.15, -0.1) is 0 Å². The Morgan fingerprint density at radius 2 is 1.85 bits per heavy atom. The summed E-state index contributed by atoms with van der Waals surface area (Å²) in [5.41, 5.74) is 2.05. The van der Waals surface area contributed by atoms with Crippen molar-refractivity contribution >= 4 is 5.91 Å². The molecule has 2 N–H and O–H groups in total. The van der Waals surface area contributed by atoms with E-state index >= 15 is 0 Å². The van der Waals surface area contributed by atoms with E-state index < -0.39 is 12.2 Å². The summed E-state index contributed by atoms with van der Waals surface area (Å²) >= 11 is 0. The number of hydrogen-bond donors (Lipinski definition) is 2. The number of aliphatic hydroxyl groups is 1. The van der Waals surface area contributed by atoms with Crippen LogP contribution in [0, 0.1) is 18.8 Å². The van der Waals surface area contributed by atoms with Gasteiger partial charge in [0.1, 0.15) is 0 Å². The first-order chi connectivity index (χ1) is 19.0. The molecule has 10 heteroatoms. The van der Waals surface area contributed by atoms with Gasteiger partial charge in [-0.3, -0.25) is 14.3 Å². The Morgan fingerprint density at radius 3 is 2.51 bits per heavy atom. The number of benzene rings is 1. The number of nitrogens with one attached hydrogen (secondary N) is 1. The minimum Gasteiger partial charge on any atom is -0.459 e. The van der Waals surface area contributed by atoms with Crippen LogP contribution in [0.3, 0.4) is 0 Å². The second-order valence-electron chi connectivity index (χ2n) is 10.0. The third-order valence-electron chi connectivity index (χ3n) is 7.32. The summed E-state index contributed by atoms with van der Waals surface area (Å²) < 4.78 is 26.7. The van der Waals surface area contributed by atoms with Gasteiger partial charge in [0.15, 0.2) is 5.76 Å². The molecule has 39 heavy (non-hydrogen) atoms. The molecule has 2 heterocycles. The minimum atomic E-state index is -0.718. The van der Waals surface area contributed by atoms with Crippen molar-refractivity contribution < 1.29 is 28.8 Å². The van der Waals surface area contributed by atoms with Crippen LogP contribution in [0.25, 0.3) is 5.69 Å². The molecule has 1 aliphatic heterocycles. The standard InChI is InChI=1S/C29H41N3O7/c1-4-38-29-23(12-14-36-16-17-37-15-13-33)24(18-25(39-29)27(34)30-19-21-10-11-21)26-20(2)31(3)32(28(26)35)22-8-6-5-7-9-22/h5-9,18,21,23-24,29,33H,4,10-17,19H2,1-3H3,(H,30,34)/t23-,24-,29+/m1/s1. The molecule has 0 radical (unpaired) electrons. The van der Waals surface area contributed by atoms with Crippen molar-refractivity contribution in [2.45, 2.75) is 45.3 Å². The van der Waals surface area contributed by atoms with Crippen LogP contribution in [0.2, 0.25) is 0 Å². The van der Waals surface area contributed by atoms with Crippen molar-refractivity contribution in [3.63, 3.8) is 0 Å². The lowest BCUT2D eigenvalue weighted by Gasteiger charge is -2.36. The maximum Gasteiger partial charge on any atom is 0.286 e. The molecule has 1 amide bonds. The van der Waals surface area contributed by atoms with Gasteiger partial charge in [-0.05, 0) is 57.2 Å². The summed E-state index contributed by atoms with van der Waals surface area (Å²) in [5, 5.41) is 11.8. The van der Waals surface area contributed by atoms with Crippen molar-refractivity contribution in [2.75, 3.05) is 46.2 Å². The number of para-hydroxylation sites is 1. The van der Waals surface area contributed by atoms with Crippen LogP contribution >= 0.6 is 0 Å². The van der Waals surface area contributed by atoms with Crippen molar-refractivity contribution in [2.24, 2.45) is 18.9 Å². The fourth-order valence-electron chi connectivity index (χ4n) is 5.00. The van der Waals surface area contributed by atoms with Gasteiger partial charge in [-0.25, -0.2) is 4.68 Å². The number of aliphatic hydroxyl groups excluding tert-OH is 1. The number of carbonyl (C=O) groups excluding carboxylic acids is 1. The molecule has 3 atom stereocenters. The smallest absolute Gasteiger partial charge is 0.286 e. The number of aromatic nitrogens is 2. The number of rotatable bonds is 15. The summed E-state index contributed by atoms with van der Waals surface area (Å²) in [5.74, 6) is -0.264. The Morgan fingerprint density at radius 1 is 1.13 bits per heavy atom. The molecule has 1 saturated carbocycles. The third kappa shape index (κ3) is 7.19. The van der Waals surface area contributed by atoms with Gasteiger partial charge in [0.05, 0.1) is 32.1 Å². The zero-order chi connectivity index (χ0) is 27.8. The van der Waals surface area contributed by atoms with E-state index in [-0.39, 0.29) is 36.4 Å². The van der Waals surface area contributed by atoms with E-state index in [1.807, 2.05) is 55.9 Å². The largest absolute Gasteiger partial charge is 0.459 e. The van der Waals surface area contributed by atoms with Crippen LogP contribution in [0.15, 0.2) is 47.0 Å². The average molecular weight is 544 g/mol.